The van der Waals surface area contributed by atoms with E-state index in [1.165, 1.54) is 11.1 Å². The summed E-state index contributed by atoms with van der Waals surface area (Å²) < 4.78 is 6.41. The first kappa shape index (κ1) is 17.5. The molecule has 0 saturated heterocycles. The Balaban J connectivity index is 1.90. The van der Waals surface area contributed by atoms with E-state index in [0.717, 1.165) is 16.6 Å². The molecule has 0 saturated carbocycles. The van der Waals surface area contributed by atoms with Crippen molar-refractivity contribution in [1.29, 1.82) is 0 Å². The Bertz CT molecular complexity index is 666. The van der Waals surface area contributed by atoms with Gasteiger partial charge in [0.2, 0.25) is 0 Å². The number of hydrogen-bond acceptors (Lipinski definition) is 2. The highest BCUT2D eigenvalue weighted by Crippen LogP contribution is 2.24. The number of benzene rings is 2. The average molecular weight is 376 g/mol. The monoisotopic (exact) mass is 375 g/mol. The van der Waals surface area contributed by atoms with E-state index in [4.69, 9.17) is 4.74 Å². The first-order valence-corrected chi connectivity index (χ1v) is 8.60. The summed E-state index contributed by atoms with van der Waals surface area (Å²) in [6.45, 7) is 6.37. The number of rotatable bonds is 6. The summed E-state index contributed by atoms with van der Waals surface area (Å²) >= 11 is 3.48. The van der Waals surface area contributed by atoms with Crippen LogP contribution in [0.5, 0.6) is 5.75 Å². The summed E-state index contributed by atoms with van der Waals surface area (Å²) in [5.74, 6) is 1.00. The molecule has 122 valence electrons. The van der Waals surface area contributed by atoms with Gasteiger partial charge in [0.15, 0.2) is 6.61 Å². The number of halogens is 1. The Morgan fingerprint density at radius 1 is 1.17 bits per heavy atom. The van der Waals surface area contributed by atoms with Crippen LogP contribution in [0.25, 0.3) is 0 Å². The summed E-state index contributed by atoms with van der Waals surface area (Å²) in [5.41, 5.74) is 3.23. The van der Waals surface area contributed by atoms with Crippen LogP contribution in [0.15, 0.2) is 46.9 Å². The number of aryl methyl sites for hydroxylation is 1. The van der Waals surface area contributed by atoms with Gasteiger partial charge in [-0.25, -0.2) is 0 Å². The second kappa shape index (κ2) is 8.16. The van der Waals surface area contributed by atoms with Gasteiger partial charge in [-0.1, -0.05) is 39.0 Å². The molecule has 0 unspecified atom stereocenters. The zero-order valence-corrected chi connectivity index (χ0v) is 15.3. The summed E-state index contributed by atoms with van der Waals surface area (Å²) in [6.07, 6.45) is 0.961. The average Bonchev–Trinajstić information content (AvgIpc) is 2.55. The van der Waals surface area contributed by atoms with Gasteiger partial charge in [-0.15, -0.1) is 0 Å². The fourth-order valence-electron chi connectivity index (χ4n) is 2.16. The molecule has 0 fully saturated rings. The minimum Gasteiger partial charge on any atom is -0.484 e. The quantitative estimate of drug-likeness (QED) is 0.757. The van der Waals surface area contributed by atoms with E-state index < -0.39 is 0 Å². The van der Waals surface area contributed by atoms with Crippen molar-refractivity contribution in [2.45, 2.75) is 33.1 Å². The Kier molecular flexibility index (Phi) is 6.22. The molecule has 0 radical (unpaired) electrons. The van der Waals surface area contributed by atoms with Crippen molar-refractivity contribution >= 4 is 27.5 Å². The zero-order chi connectivity index (χ0) is 16.8. The van der Waals surface area contributed by atoms with Gasteiger partial charge in [0, 0.05) is 4.47 Å². The SMILES string of the molecule is CCc1ccc(NC(=O)COc2ccc(C(C)C)cc2)c(Br)c1. The second-order valence-corrected chi connectivity index (χ2v) is 6.58. The number of hydrogen-bond donors (Lipinski definition) is 1. The van der Waals surface area contributed by atoms with Crippen molar-refractivity contribution in [3.05, 3.63) is 58.1 Å². The summed E-state index contributed by atoms with van der Waals surface area (Å²) in [6, 6.07) is 13.8. The van der Waals surface area contributed by atoms with Gasteiger partial charge in [-0.3, -0.25) is 4.79 Å². The number of carbonyl (C=O) groups excluding carboxylic acids is 1. The van der Waals surface area contributed by atoms with Crippen molar-refractivity contribution < 1.29 is 9.53 Å². The number of carbonyl (C=O) groups is 1. The van der Waals surface area contributed by atoms with Crippen molar-refractivity contribution in [3.63, 3.8) is 0 Å². The minimum atomic E-state index is -0.178. The van der Waals surface area contributed by atoms with Gasteiger partial charge >= 0.3 is 0 Å². The highest BCUT2D eigenvalue weighted by atomic mass is 79.9. The number of nitrogens with one attached hydrogen (secondary N) is 1. The molecule has 0 atom stereocenters. The van der Waals surface area contributed by atoms with E-state index in [2.05, 4.69) is 42.0 Å². The molecule has 2 rings (SSSR count). The molecule has 0 bridgehead atoms. The second-order valence-electron chi connectivity index (χ2n) is 5.73. The molecule has 0 spiro atoms. The molecule has 1 amide bonds. The molecule has 0 aromatic heterocycles. The molecule has 0 aliphatic carbocycles. The van der Waals surface area contributed by atoms with Crippen LogP contribution in [0.1, 0.15) is 37.8 Å². The van der Waals surface area contributed by atoms with Crippen LogP contribution >= 0.6 is 15.9 Å². The van der Waals surface area contributed by atoms with Crippen LogP contribution in [0, 0.1) is 0 Å². The van der Waals surface area contributed by atoms with E-state index in [1.807, 2.05) is 42.5 Å². The summed E-state index contributed by atoms with van der Waals surface area (Å²) in [4.78, 5) is 12.0. The lowest BCUT2D eigenvalue weighted by molar-refractivity contribution is -0.118. The lowest BCUT2D eigenvalue weighted by atomic mass is 10.0. The van der Waals surface area contributed by atoms with E-state index in [-0.39, 0.29) is 12.5 Å². The summed E-state index contributed by atoms with van der Waals surface area (Å²) in [7, 11) is 0. The summed E-state index contributed by atoms with van der Waals surface area (Å²) in [5, 5.41) is 2.85. The van der Waals surface area contributed by atoms with E-state index >= 15 is 0 Å². The Morgan fingerprint density at radius 3 is 2.43 bits per heavy atom. The maximum absolute atomic E-state index is 12.0. The van der Waals surface area contributed by atoms with E-state index in [0.29, 0.717) is 11.7 Å². The van der Waals surface area contributed by atoms with E-state index in [9.17, 15) is 4.79 Å². The van der Waals surface area contributed by atoms with E-state index in [1.54, 1.807) is 0 Å². The third-order valence-electron chi connectivity index (χ3n) is 3.63. The third kappa shape index (κ3) is 5.10. The van der Waals surface area contributed by atoms with Gasteiger partial charge < -0.3 is 10.1 Å². The van der Waals surface area contributed by atoms with Crippen molar-refractivity contribution in [1.82, 2.24) is 0 Å². The molecule has 0 heterocycles. The minimum absolute atomic E-state index is 0.0109. The molecule has 0 aliphatic heterocycles. The van der Waals surface area contributed by atoms with Crippen molar-refractivity contribution in [2.75, 3.05) is 11.9 Å². The van der Waals surface area contributed by atoms with Gasteiger partial charge in [-0.05, 0) is 63.7 Å². The predicted molar refractivity (Wildman–Crippen MR) is 98.2 cm³/mol. The standard InChI is InChI=1S/C19H22BrNO2/c1-4-14-5-10-18(17(20)11-14)21-19(22)12-23-16-8-6-15(7-9-16)13(2)3/h5-11,13H,4,12H2,1-3H3,(H,21,22). The van der Waals surface area contributed by atoms with Gasteiger partial charge in [-0.2, -0.15) is 0 Å². The fourth-order valence-corrected chi connectivity index (χ4v) is 2.69. The van der Waals surface area contributed by atoms with Crippen LogP contribution < -0.4 is 10.1 Å². The van der Waals surface area contributed by atoms with Gasteiger partial charge in [0.05, 0.1) is 5.69 Å². The first-order valence-electron chi connectivity index (χ1n) is 7.80. The van der Waals surface area contributed by atoms with Crippen LogP contribution in [-0.4, -0.2) is 12.5 Å². The smallest absolute Gasteiger partial charge is 0.262 e. The largest absolute Gasteiger partial charge is 0.484 e. The molecular weight excluding hydrogens is 354 g/mol. The Morgan fingerprint density at radius 2 is 1.87 bits per heavy atom. The molecular formula is C19H22BrNO2. The van der Waals surface area contributed by atoms with Crippen molar-refractivity contribution in [2.24, 2.45) is 0 Å². The van der Waals surface area contributed by atoms with Crippen molar-refractivity contribution in [3.8, 4) is 5.75 Å². The third-order valence-corrected chi connectivity index (χ3v) is 4.29. The molecule has 23 heavy (non-hydrogen) atoms. The Labute approximate surface area is 146 Å². The van der Waals surface area contributed by atoms with Gasteiger partial charge in [0.1, 0.15) is 5.75 Å². The molecule has 3 nitrogen and oxygen atoms in total. The molecule has 1 N–H and O–H groups in total. The number of ether oxygens (including phenoxy) is 1. The molecule has 2 aromatic rings. The molecule has 2 aromatic carbocycles. The zero-order valence-electron chi connectivity index (χ0n) is 13.7. The highest BCUT2D eigenvalue weighted by molar-refractivity contribution is 9.10. The predicted octanol–water partition coefficient (Wildman–Crippen LogP) is 5.15. The van der Waals surface area contributed by atoms with Crippen LogP contribution in [0.2, 0.25) is 0 Å². The highest BCUT2D eigenvalue weighted by Gasteiger charge is 2.07. The van der Waals surface area contributed by atoms with Gasteiger partial charge in [0.25, 0.3) is 5.91 Å². The number of amides is 1. The maximum Gasteiger partial charge on any atom is 0.262 e. The lowest BCUT2D eigenvalue weighted by Crippen LogP contribution is -2.20. The first-order chi connectivity index (χ1) is 11.0. The number of anilines is 1. The van der Waals surface area contributed by atoms with Crippen LogP contribution in [-0.2, 0) is 11.2 Å². The topological polar surface area (TPSA) is 38.3 Å². The molecule has 0 aliphatic rings. The van der Waals surface area contributed by atoms with Crippen LogP contribution in [0.3, 0.4) is 0 Å². The lowest BCUT2D eigenvalue weighted by Gasteiger charge is -2.11. The Hall–Kier alpha value is -1.81. The van der Waals surface area contributed by atoms with Crippen LogP contribution in [0.4, 0.5) is 5.69 Å². The maximum atomic E-state index is 12.0. The molecule has 4 heteroatoms. The normalized spacial score (nSPS) is 10.7. The fraction of sp³-hybridized carbons (Fsp3) is 0.316.